The van der Waals surface area contributed by atoms with Crippen molar-refractivity contribution in [2.24, 2.45) is 0 Å². The molecule has 1 amide bonds. The Balaban J connectivity index is 1.47. The zero-order valence-electron chi connectivity index (χ0n) is 17.0. The van der Waals surface area contributed by atoms with E-state index in [9.17, 15) is 4.79 Å². The summed E-state index contributed by atoms with van der Waals surface area (Å²) in [5.41, 5.74) is 6.38. The fraction of sp³-hybridized carbons (Fsp3) is 0.120. The van der Waals surface area contributed by atoms with Crippen LogP contribution in [0, 0.1) is 13.8 Å². The Morgan fingerprint density at radius 2 is 1.77 bits per heavy atom. The third kappa shape index (κ3) is 4.47. The normalized spacial score (nSPS) is 10.7. The molecule has 4 aromatic rings. The minimum Gasteiger partial charge on any atom is -0.325 e. The smallest absolute Gasteiger partial charge is 0.234 e. The van der Waals surface area contributed by atoms with Gasteiger partial charge in [0.05, 0.1) is 11.4 Å². The van der Waals surface area contributed by atoms with E-state index in [1.165, 1.54) is 22.9 Å². The van der Waals surface area contributed by atoms with E-state index in [1.807, 2.05) is 65.4 Å². The fourth-order valence-electron chi connectivity index (χ4n) is 3.43. The summed E-state index contributed by atoms with van der Waals surface area (Å²) in [6.07, 6.45) is 3.70. The molecule has 0 aliphatic heterocycles. The van der Waals surface area contributed by atoms with Crippen molar-refractivity contribution in [3.8, 4) is 16.8 Å². The van der Waals surface area contributed by atoms with Gasteiger partial charge in [-0.1, -0.05) is 78.0 Å². The van der Waals surface area contributed by atoms with Crippen molar-refractivity contribution in [1.82, 2.24) is 9.55 Å². The number of hydrogen-bond donors (Lipinski definition) is 1. The molecule has 0 atom stereocenters. The number of imidazole rings is 1. The number of aromatic nitrogens is 2. The highest BCUT2D eigenvalue weighted by atomic mass is 32.2. The first-order valence-corrected chi connectivity index (χ1v) is 10.8. The van der Waals surface area contributed by atoms with Gasteiger partial charge in [0.2, 0.25) is 5.91 Å². The van der Waals surface area contributed by atoms with Gasteiger partial charge < -0.3 is 5.32 Å². The lowest BCUT2D eigenvalue weighted by Gasteiger charge is -2.12. The van der Waals surface area contributed by atoms with Crippen LogP contribution >= 0.6 is 11.8 Å². The van der Waals surface area contributed by atoms with Crippen LogP contribution in [0.3, 0.4) is 0 Å². The fourth-order valence-corrected chi connectivity index (χ4v) is 4.20. The van der Waals surface area contributed by atoms with E-state index < -0.39 is 0 Å². The Morgan fingerprint density at radius 1 is 1.00 bits per heavy atom. The molecule has 0 radical (unpaired) electrons. The van der Waals surface area contributed by atoms with E-state index in [0.717, 1.165) is 27.7 Å². The lowest BCUT2D eigenvalue weighted by atomic mass is 10.0. The zero-order valence-corrected chi connectivity index (χ0v) is 17.8. The van der Waals surface area contributed by atoms with E-state index >= 15 is 0 Å². The number of benzene rings is 3. The first-order valence-electron chi connectivity index (χ1n) is 9.80. The Labute approximate surface area is 181 Å². The van der Waals surface area contributed by atoms with Crippen LogP contribution in [-0.4, -0.2) is 21.2 Å². The summed E-state index contributed by atoms with van der Waals surface area (Å²) in [4.78, 5) is 17.1. The first kappa shape index (κ1) is 20.0. The maximum absolute atomic E-state index is 12.7. The van der Waals surface area contributed by atoms with Gasteiger partial charge in [-0.25, -0.2) is 4.98 Å². The second-order valence-corrected chi connectivity index (χ2v) is 8.06. The van der Waals surface area contributed by atoms with Crippen LogP contribution in [0.15, 0.2) is 90.3 Å². The van der Waals surface area contributed by atoms with E-state index in [2.05, 4.69) is 42.3 Å². The summed E-state index contributed by atoms with van der Waals surface area (Å²) in [5.74, 6) is 0.226. The number of rotatable bonds is 6. The minimum absolute atomic E-state index is 0.0569. The number of nitrogens with one attached hydrogen (secondary N) is 1. The molecule has 0 aliphatic rings. The van der Waals surface area contributed by atoms with Gasteiger partial charge in [0, 0.05) is 23.6 Å². The highest BCUT2D eigenvalue weighted by Crippen LogP contribution is 2.28. The molecule has 5 heteroatoms. The highest BCUT2D eigenvalue weighted by Gasteiger charge is 2.12. The van der Waals surface area contributed by atoms with E-state index in [0.29, 0.717) is 0 Å². The van der Waals surface area contributed by atoms with Gasteiger partial charge in [-0.05, 0) is 37.1 Å². The molecule has 0 aliphatic carbocycles. The van der Waals surface area contributed by atoms with Crippen molar-refractivity contribution in [3.05, 3.63) is 96.3 Å². The lowest BCUT2D eigenvalue weighted by Crippen LogP contribution is -2.15. The maximum Gasteiger partial charge on any atom is 0.234 e. The van der Waals surface area contributed by atoms with Crippen molar-refractivity contribution < 1.29 is 4.79 Å². The second-order valence-electron chi connectivity index (χ2n) is 7.12. The Kier molecular flexibility index (Phi) is 6.00. The quantitative estimate of drug-likeness (QED) is 0.401. The molecule has 0 unspecified atom stereocenters. The van der Waals surface area contributed by atoms with Crippen molar-refractivity contribution in [3.63, 3.8) is 0 Å². The van der Waals surface area contributed by atoms with Gasteiger partial charge in [-0.3, -0.25) is 9.36 Å². The number of aryl methyl sites for hydroxylation is 2. The molecular weight excluding hydrogens is 390 g/mol. The van der Waals surface area contributed by atoms with Crippen LogP contribution in [0.5, 0.6) is 0 Å². The monoisotopic (exact) mass is 413 g/mol. The third-order valence-electron chi connectivity index (χ3n) is 4.84. The number of hydrogen-bond acceptors (Lipinski definition) is 3. The minimum atomic E-state index is -0.0569. The molecule has 4 rings (SSSR count). The summed E-state index contributed by atoms with van der Waals surface area (Å²) < 4.78 is 2.03. The first-order chi connectivity index (χ1) is 14.6. The summed E-state index contributed by atoms with van der Waals surface area (Å²) in [5, 5.41) is 3.85. The lowest BCUT2D eigenvalue weighted by molar-refractivity contribution is -0.113. The molecule has 0 saturated heterocycles. The van der Waals surface area contributed by atoms with Gasteiger partial charge in [-0.2, -0.15) is 0 Å². The average Bonchev–Trinajstić information content (AvgIpc) is 3.22. The predicted octanol–water partition coefficient (Wildman–Crippen LogP) is 5.89. The molecule has 4 nitrogen and oxygen atoms in total. The van der Waals surface area contributed by atoms with E-state index in [1.54, 1.807) is 6.20 Å². The molecule has 30 heavy (non-hydrogen) atoms. The molecule has 0 bridgehead atoms. The third-order valence-corrected chi connectivity index (χ3v) is 5.80. The number of carbonyl (C=O) groups is 1. The van der Waals surface area contributed by atoms with Crippen LogP contribution in [0.2, 0.25) is 0 Å². The Hall–Kier alpha value is -3.31. The molecule has 0 fully saturated rings. The van der Waals surface area contributed by atoms with E-state index in [4.69, 9.17) is 0 Å². The molecule has 1 aromatic heterocycles. The molecule has 0 spiro atoms. The van der Waals surface area contributed by atoms with Crippen LogP contribution < -0.4 is 5.32 Å². The van der Waals surface area contributed by atoms with Crippen molar-refractivity contribution in [2.75, 3.05) is 11.1 Å². The Bertz CT molecular complexity index is 1170. The van der Waals surface area contributed by atoms with Crippen molar-refractivity contribution in [1.29, 1.82) is 0 Å². The largest absolute Gasteiger partial charge is 0.325 e. The number of para-hydroxylation sites is 1. The highest BCUT2D eigenvalue weighted by molar-refractivity contribution is 7.99. The molecule has 0 saturated carbocycles. The van der Waals surface area contributed by atoms with Crippen LogP contribution in [-0.2, 0) is 4.79 Å². The van der Waals surface area contributed by atoms with Gasteiger partial charge in [-0.15, -0.1) is 0 Å². The summed E-state index contributed by atoms with van der Waals surface area (Å²) in [6, 6.07) is 24.3. The number of amides is 1. The molecule has 150 valence electrons. The number of anilines is 1. The maximum atomic E-state index is 12.7. The van der Waals surface area contributed by atoms with Gasteiger partial charge in [0.25, 0.3) is 0 Å². The standard InChI is InChI=1S/C25H23N3OS/c1-18-12-13-23(19(2)16-18)28-15-14-26-25(28)30-17-24(29)27-22-11-7-6-10-21(22)20-8-4-3-5-9-20/h3-16H,17H2,1-2H3,(H,27,29). The zero-order chi connectivity index (χ0) is 20.9. The number of carbonyl (C=O) groups excluding carboxylic acids is 1. The van der Waals surface area contributed by atoms with Crippen molar-refractivity contribution >= 4 is 23.4 Å². The average molecular weight is 414 g/mol. The number of nitrogens with zero attached hydrogens (tertiary/aromatic N) is 2. The summed E-state index contributed by atoms with van der Waals surface area (Å²) in [6.45, 7) is 4.17. The summed E-state index contributed by atoms with van der Waals surface area (Å²) in [7, 11) is 0. The van der Waals surface area contributed by atoms with Crippen LogP contribution in [0.1, 0.15) is 11.1 Å². The van der Waals surface area contributed by atoms with Gasteiger partial charge in [0.1, 0.15) is 0 Å². The van der Waals surface area contributed by atoms with Gasteiger partial charge in [0.15, 0.2) is 5.16 Å². The van der Waals surface area contributed by atoms with Crippen molar-refractivity contribution in [2.45, 2.75) is 19.0 Å². The topological polar surface area (TPSA) is 46.9 Å². The second kappa shape index (κ2) is 9.01. The molecule has 1 heterocycles. The SMILES string of the molecule is Cc1ccc(-n2ccnc2SCC(=O)Nc2ccccc2-c2ccccc2)c(C)c1. The Morgan fingerprint density at radius 3 is 2.57 bits per heavy atom. The molecule has 1 N–H and O–H groups in total. The summed E-state index contributed by atoms with van der Waals surface area (Å²) >= 11 is 1.43. The van der Waals surface area contributed by atoms with Crippen LogP contribution in [0.4, 0.5) is 5.69 Å². The molecule has 3 aromatic carbocycles. The predicted molar refractivity (Wildman–Crippen MR) is 124 cm³/mol. The molecular formula is C25H23N3OS. The number of thioether (sulfide) groups is 1. The van der Waals surface area contributed by atoms with Gasteiger partial charge >= 0.3 is 0 Å². The van der Waals surface area contributed by atoms with Crippen LogP contribution in [0.25, 0.3) is 16.8 Å². The van der Waals surface area contributed by atoms with E-state index in [-0.39, 0.29) is 11.7 Å².